The van der Waals surface area contributed by atoms with E-state index in [1.165, 1.54) is 0 Å². The maximum atomic E-state index is 13.6. The summed E-state index contributed by atoms with van der Waals surface area (Å²) in [5, 5.41) is 16.8. The van der Waals surface area contributed by atoms with Crippen LogP contribution in [0.1, 0.15) is 63.0 Å². The van der Waals surface area contributed by atoms with Crippen LogP contribution >= 0.6 is 0 Å². The predicted molar refractivity (Wildman–Crippen MR) is 208 cm³/mol. The number of imide groups is 1. The molecule has 14 nitrogen and oxygen atoms in total. The summed E-state index contributed by atoms with van der Waals surface area (Å²) in [5.74, 6) is -0.485. The number of imidazole rings is 1. The fraction of sp³-hybridized carbons (Fsp3) is 0.366. The average molecular weight is 749 g/mol. The molecule has 4 atom stereocenters. The fourth-order valence-corrected chi connectivity index (χ4v) is 7.50. The number of carboxylic acid groups (broad SMARTS) is 1. The Morgan fingerprint density at radius 2 is 1.44 bits per heavy atom. The third kappa shape index (κ3) is 8.86. The molecule has 0 saturated carbocycles. The van der Waals surface area contributed by atoms with Gasteiger partial charge in [0, 0.05) is 18.8 Å². The summed E-state index contributed by atoms with van der Waals surface area (Å²) in [6, 6.07) is 21.5. The molecule has 288 valence electrons. The number of rotatable bonds is 11. The summed E-state index contributed by atoms with van der Waals surface area (Å²) in [6.45, 7) is 4.61. The number of urea groups is 1. The first-order valence-electron chi connectivity index (χ1n) is 18.6. The van der Waals surface area contributed by atoms with Gasteiger partial charge < -0.3 is 30.5 Å². The molecule has 3 aromatic carbocycles. The Bertz CT molecular complexity index is 2000. The van der Waals surface area contributed by atoms with Gasteiger partial charge in [-0.2, -0.15) is 0 Å². The third-order valence-electron chi connectivity index (χ3n) is 10.3. The number of aromatic nitrogens is 2. The normalized spacial score (nSPS) is 17.9. The van der Waals surface area contributed by atoms with Gasteiger partial charge >= 0.3 is 12.1 Å². The highest BCUT2D eigenvalue weighted by Crippen LogP contribution is 2.33. The molecule has 55 heavy (non-hydrogen) atoms. The minimum Gasteiger partial charge on any atom is -0.465 e. The van der Waals surface area contributed by atoms with Gasteiger partial charge in [0.05, 0.1) is 17.9 Å². The van der Waals surface area contributed by atoms with Crippen molar-refractivity contribution in [1.82, 2.24) is 35.3 Å². The van der Waals surface area contributed by atoms with Gasteiger partial charge in [0.15, 0.2) is 0 Å². The number of hydrogen-bond donors (Lipinski definition) is 5. The molecule has 6 rings (SSSR count). The molecular weight excluding hydrogens is 701 g/mol. The quantitative estimate of drug-likeness (QED) is 0.131. The molecule has 1 aromatic heterocycles. The minimum absolute atomic E-state index is 0.176. The molecule has 2 saturated heterocycles. The lowest BCUT2D eigenvalue weighted by Gasteiger charge is -2.31. The Labute approximate surface area is 320 Å². The summed E-state index contributed by atoms with van der Waals surface area (Å²) in [6.07, 6.45) is 3.18. The van der Waals surface area contributed by atoms with Crippen LogP contribution in [0.5, 0.6) is 0 Å². The molecule has 0 unspecified atom stereocenters. The third-order valence-corrected chi connectivity index (χ3v) is 10.3. The second-order valence-electron chi connectivity index (χ2n) is 14.6. The SMILES string of the molecule is CC(C)[C@H](NC(=O)O)C(=O)N1CCC[C@H]1c1ncc(-c2ccc(-c3ccc(NC(=O)NC(=O)[C@@H]4CCCN4C(=O)[C@@H](c4ccccc4)N(C)C)cc3)cc2)[nH]1. The van der Waals surface area contributed by atoms with Gasteiger partial charge in [-0.1, -0.05) is 80.6 Å². The molecule has 14 heteroatoms. The van der Waals surface area contributed by atoms with Crippen molar-refractivity contribution in [3.05, 3.63) is 96.4 Å². The van der Waals surface area contributed by atoms with Gasteiger partial charge in [-0.15, -0.1) is 0 Å². The van der Waals surface area contributed by atoms with Gasteiger partial charge in [0.2, 0.25) is 11.8 Å². The number of nitrogens with zero attached hydrogens (tertiary/aromatic N) is 4. The number of anilines is 1. The van der Waals surface area contributed by atoms with Gasteiger partial charge in [-0.3, -0.25) is 24.6 Å². The fourth-order valence-electron chi connectivity index (χ4n) is 7.50. The van der Waals surface area contributed by atoms with E-state index in [1.54, 1.807) is 28.1 Å². The zero-order valence-corrected chi connectivity index (χ0v) is 31.5. The smallest absolute Gasteiger partial charge is 0.405 e. The Morgan fingerprint density at radius 3 is 2.07 bits per heavy atom. The lowest BCUT2D eigenvalue weighted by molar-refractivity contribution is -0.142. The zero-order chi connectivity index (χ0) is 39.2. The number of nitrogens with one attached hydrogen (secondary N) is 4. The molecule has 4 aromatic rings. The summed E-state index contributed by atoms with van der Waals surface area (Å²) in [7, 11) is 3.66. The van der Waals surface area contributed by atoms with Crippen molar-refractivity contribution in [2.45, 2.75) is 63.7 Å². The van der Waals surface area contributed by atoms with E-state index in [2.05, 4.69) is 25.9 Å². The number of amides is 6. The van der Waals surface area contributed by atoms with E-state index in [4.69, 9.17) is 0 Å². The zero-order valence-electron chi connectivity index (χ0n) is 31.5. The summed E-state index contributed by atoms with van der Waals surface area (Å²) in [5.41, 5.74) is 4.91. The number of hydrogen-bond acceptors (Lipinski definition) is 7. The monoisotopic (exact) mass is 748 g/mol. The predicted octanol–water partition coefficient (Wildman–Crippen LogP) is 5.64. The van der Waals surface area contributed by atoms with Crippen LogP contribution in [0.4, 0.5) is 15.3 Å². The van der Waals surface area contributed by atoms with Crippen molar-refractivity contribution in [3.8, 4) is 22.4 Å². The summed E-state index contributed by atoms with van der Waals surface area (Å²) in [4.78, 5) is 77.5. The van der Waals surface area contributed by atoms with Crippen LogP contribution in [-0.2, 0) is 14.4 Å². The summed E-state index contributed by atoms with van der Waals surface area (Å²) >= 11 is 0. The first kappa shape index (κ1) is 38.7. The number of carbonyl (C=O) groups is 5. The van der Waals surface area contributed by atoms with Gasteiger partial charge in [0.1, 0.15) is 23.9 Å². The molecule has 2 aliphatic rings. The number of aromatic amines is 1. The lowest BCUT2D eigenvalue weighted by atomic mass is 10.0. The molecule has 0 bridgehead atoms. The molecule has 0 radical (unpaired) electrons. The van der Waals surface area contributed by atoms with E-state index in [1.807, 2.05) is 99.6 Å². The molecule has 6 amide bonds. The lowest BCUT2D eigenvalue weighted by Crippen LogP contribution is -2.51. The van der Waals surface area contributed by atoms with E-state index in [9.17, 15) is 29.1 Å². The van der Waals surface area contributed by atoms with E-state index >= 15 is 0 Å². The molecule has 2 fully saturated rings. The maximum Gasteiger partial charge on any atom is 0.405 e. The largest absolute Gasteiger partial charge is 0.465 e. The number of benzene rings is 3. The molecule has 3 heterocycles. The van der Waals surface area contributed by atoms with Crippen molar-refractivity contribution in [2.75, 3.05) is 32.5 Å². The van der Waals surface area contributed by atoms with Crippen LogP contribution in [0.15, 0.2) is 85.1 Å². The Hall–Kier alpha value is -6.02. The van der Waals surface area contributed by atoms with Gasteiger partial charge in [-0.25, -0.2) is 14.6 Å². The highest BCUT2D eigenvalue weighted by atomic mass is 16.4. The van der Waals surface area contributed by atoms with E-state index < -0.39 is 36.2 Å². The van der Waals surface area contributed by atoms with Crippen LogP contribution in [0.25, 0.3) is 22.4 Å². The first-order valence-corrected chi connectivity index (χ1v) is 18.6. The number of likely N-dealkylation sites (N-methyl/N-ethyl adjacent to an activating group) is 1. The molecule has 5 N–H and O–H groups in total. The number of carbonyl (C=O) groups excluding carboxylic acids is 4. The van der Waals surface area contributed by atoms with Crippen molar-refractivity contribution in [3.63, 3.8) is 0 Å². The Morgan fingerprint density at radius 1 is 0.818 bits per heavy atom. The topological polar surface area (TPSA) is 180 Å². The van der Waals surface area contributed by atoms with Crippen molar-refractivity contribution in [2.24, 2.45) is 5.92 Å². The highest BCUT2D eigenvalue weighted by Gasteiger charge is 2.39. The van der Waals surface area contributed by atoms with Crippen LogP contribution in [0, 0.1) is 5.92 Å². The minimum atomic E-state index is -1.23. The Balaban J connectivity index is 1.04. The molecule has 2 aliphatic heterocycles. The Kier molecular flexibility index (Phi) is 11.9. The highest BCUT2D eigenvalue weighted by molar-refractivity contribution is 6.04. The number of likely N-dealkylation sites (tertiary alicyclic amines) is 2. The van der Waals surface area contributed by atoms with E-state index in [-0.39, 0.29) is 23.8 Å². The average Bonchev–Trinajstić information content (AvgIpc) is 3.96. The van der Waals surface area contributed by atoms with E-state index in [0.717, 1.165) is 40.8 Å². The van der Waals surface area contributed by atoms with E-state index in [0.29, 0.717) is 37.4 Å². The maximum absolute atomic E-state index is 13.6. The van der Waals surface area contributed by atoms with Crippen LogP contribution < -0.4 is 16.0 Å². The standard InChI is InChI=1S/C41H48N8O6/c1-25(2)34(45-41(54)55)38(51)48-22-8-12-32(48)36-42-24-31(44-36)28-16-14-26(15-17-28)27-18-20-30(21-19-27)43-40(53)46-37(50)33-13-9-23-49(33)39(52)35(47(3)4)29-10-6-5-7-11-29/h5-7,10-11,14-21,24-25,32-35,45H,8-9,12-13,22-23H2,1-4H3,(H,42,44)(H,54,55)(H2,43,46,50,53)/t32-,33-,34-,35+/m0/s1. The number of H-pyrrole nitrogens is 1. The van der Waals surface area contributed by atoms with Crippen LogP contribution in [0.3, 0.4) is 0 Å². The van der Waals surface area contributed by atoms with Crippen LogP contribution in [0.2, 0.25) is 0 Å². The van der Waals surface area contributed by atoms with Gasteiger partial charge in [0.25, 0.3) is 5.91 Å². The van der Waals surface area contributed by atoms with Crippen molar-refractivity contribution < 1.29 is 29.1 Å². The molecular formula is C41H48N8O6. The summed E-state index contributed by atoms with van der Waals surface area (Å²) < 4.78 is 0. The van der Waals surface area contributed by atoms with Crippen molar-refractivity contribution in [1.29, 1.82) is 0 Å². The van der Waals surface area contributed by atoms with Crippen molar-refractivity contribution >= 4 is 35.5 Å². The second kappa shape index (κ2) is 17.0. The second-order valence-corrected chi connectivity index (χ2v) is 14.6. The van der Waals surface area contributed by atoms with Gasteiger partial charge in [-0.05, 0) is 80.1 Å². The molecule has 0 aliphatic carbocycles. The molecule has 0 spiro atoms. The first-order chi connectivity index (χ1) is 26.4. The van der Waals surface area contributed by atoms with Crippen LogP contribution in [-0.4, -0.2) is 98.9 Å².